The molecule has 100 valence electrons. The van der Waals surface area contributed by atoms with E-state index >= 15 is 0 Å². The van der Waals surface area contributed by atoms with Crippen molar-refractivity contribution in [2.24, 2.45) is 5.92 Å². The summed E-state index contributed by atoms with van der Waals surface area (Å²) in [5.74, 6) is 3.04. The summed E-state index contributed by atoms with van der Waals surface area (Å²) in [5, 5.41) is 3.44. The van der Waals surface area contributed by atoms with Crippen LogP contribution in [0, 0.1) is 12.8 Å². The van der Waals surface area contributed by atoms with Crippen LogP contribution in [0.5, 0.6) is 0 Å². The topological polar surface area (TPSA) is 28.4 Å². The summed E-state index contributed by atoms with van der Waals surface area (Å²) in [7, 11) is 0. The Morgan fingerprint density at radius 1 is 1.22 bits per heavy atom. The highest BCUT2D eigenvalue weighted by Crippen LogP contribution is 2.40. The van der Waals surface area contributed by atoms with Gasteiger partial charge in [0.05, 0.1) is 6.04 Å². The molecular weight excluding hydrogens is 224 g/mol. The van der Waals surface area contributed by atoms with Crippen LogP contribution in [0.3, 0.4) is 0 Å². The number of furan rings is 1. The lowest BCUT2D eigenvalue weighted by atomic mass is 9.94. The summed E-state index contributed by atoms with van der Waals surface area (Å²) in [6, 6.07) is 4.82. The van der Waals surface area contributed by atoms with Crippen molar-refractivity contribution in [1.82, 2.24) is 10.2 Å². The van der Waals surface area contributed by atoms with Crippen LogP contribution in [0.25, 0.3) is 0 Å². The number of hydrogen-bond donors (Lipinski definition) is 1. The molecule has 0 spiro atoms. The van der Waals surface area contributed by atoms with Crippen molar-refractivity contribution in [3.8, 4) is 0 Å². The van der Waals surface area contributed by atoms with E-state index in [1.54, 1.807) is 0 Å². The lowest BCUT2D eigenvalue weighted by Crippen LogP contribution is -2.46. The summed E-state index contributed by atoms with van der Waals surface area (Å²) in [5.41, 5.74) is 0. The van der Waals surface area contributed by atoms with Crippen molar-refractivity contribution >= 4 is 0 Å². The van der Waals surface area contributed by atoms with Gasteiger partial charge in [-0.05, 0) is 37.8 Å². The van der Waals surface area contributed by atoms with Gasteiger partial charge in [-0.2, -0.15) is 0 Å². The Morgan fingerprint density at radius 3 is 2.56 bits per heavy atom. The largest absolute Gasteiger partial charge is 0.465 e. The lowest BCUT2D eigenvalue weighted by Gasteiger charge is -2.37. The summed E-state index contributed by atoms with van der Waals surface area (Å²) in [4.78, 5) is 2.63. The molecule has 1 aromatic rings. The maximum atomic E-state index is 5.95. The zero-order chi connectivity index (χ0) is 12.4. The third kappa shape index (κ3) is 2.47. The molecular formula is C15H24N2O. The smallest absolute Gasteiger partial charge is 0.121 e. The van der Waals surface area contributed by atoms with E-state index in [4.69, 9.17) is 4.42 Å². The fourth-order valence-corrected chi connectivity index (χ4v) is 3.56. The van der Waals surface area contributed by atoms with E-state index in [9.17, 15) is 0 Å². The van der Waals surface area contributed by atoms with Gasteiger partial charge < -0.3 is 9.73 Å². The highest BCUT2D eigenvalue weighted by molar-refractivity contribution is 5.12. The van der Waals surface area contributed by atoms with Crippen molar-refractivity contribution in [2.75, 3.05) is 26.2 Å². The van der Waals surface area contributed by atoms with Gasteiger partial charge >= 0.3 is 0 Å². The average Bonchev–Trinajstić information content (AvgIpc) is 3.04. The Labute approximate surface area is 110 Å². The normalized spacial score (nSPS) is 24.5. The van der Waals surface area contributed by atoms with Gasteiger partial charge in [0.1, 0.15) is 11.5 Å². The van der Waals surface area contributed by atoms with Crippen LogP contribution in [0.15, 0.2) is 16.5 Å². The molecule has 1 aliphatic carbocycles. The van der Waals surface area contributed by atoms with Gasteiger partial charge in [-0.3, -0.25) is 4.90 Å². The average molecular weight is 248 g/mol. The Morgan fingerprint density at radius 2 is 1.94 bits per heavy atom. The molecule has 0 unspecified atom stereocenters. The zero-order valence-electron chi connectivity index (χ0n) is 11.3. The summed E-state index contributed by atoms with van der Waals surface area (Å²) in [6.45, 7) is 6.58. The fraction of sp³-hybridized carbons (Fsp3) is 0.733. The molecule has 1 saturated heterocycles. The van der Waals surface area contributed by atoms with E-state index in [0.29, 0.717) is 6.04 Å². The number of aryl methyl sites for hydroxylation is 1. The van der Waals surface area contributed by atoms with Crippen molar-refractivity contribution in [2.45, 2.75) is 38.6 Å². The van der Waals surface area contributed by atoms with Crippen LogP contribution in [0.4, 0.5) is 0 Å². The Bertz CT molecular complexity index is 376. The van der Waals surface area contributed by atoms with Crippen LogP contribution >= 0.6 is 0 Å². The molecule has 0 radical (unpaired) electrons. The molecule has 2 aliphatic rings. The maximum absolute atomic E-state index is 5.95. The standard InChI is InChI=1S/C15H24N2O/c1-12-6-7-14(18-12)15(13-4-2-3-5-13)17-10-8-16-9-11-17/h6-7,13,15-16H,2-5,8-11H2,1H3/t15-/m1/s1. The molecule has 2 heterocycles. The Balaban J connectivity index is 1.82. The summed E-state index contributed by atoms with van der Waals surface area (Å²) >= 11 is 0. The Hall–Kier alpha value is -0.800. The van der Waals surface area contributed by atoms with Crippen LogP contribution in [0.2, 0.25) is 0 Å². The second-order valence-electron chi connectivity index (χ2n) is 5.72. The molecule has 0 bridgehead atoms. The molecule has 18 heavy (non-hydrogen) atoms. The molecule has 1 atom stereocenters. The minimum atomic E-state index is 0.517. The van der Waals surface area contributed by atoms with E-state index in [-0.39, 0.29) is 0 Å². The first-order valence-electron chi connectivity index (χ1n) is 7.36. The van der Waals surface area contributed by atoms with Gasteiger partial charge in [0.25, 0.3) is 0 Å². The molecule has 1 aromatic heterocycles. The van der Waals surface area contributed by atoms with Crippen molar-refractivity contribution in [3.05, 3.63) is 23.7 Å². The van der Waals surface area contributed by atoms with Crippen LogP contribution in [-0.2, 0) is 0 Å². The number of nitrogens with zero attached hydrogens (tertiary/aromatic N) is 1. The molecule has 2 fully saturated rings. The van der Waals surface area contributed by atoms with E-state index in [1.165, 1.54) is 31.4 Å². The van der Waals surface area contributed by atoms with Crippen LogP contribution < -0.4 is 5.32 Å². The SMILES string of the molecule is Cc1ccc([C@@H](C2CCCC2)N2CCNCC2)o1. The Kier molecular flexibility index (Phi) is 3.71. The monoisotopic (exact) mass is 248 g/mol. The van der Waals surface area contributed by atoms with Gasteiger partial charge in [-0.25, -0.2) is 0 Å². The van der Waals surface area contributed by atoms with E-state index < -0.39 is 0 Å². The predicted octanol–water partition coefficient (Wildman–Crippen LogP) is 2.72. The molecule has 3 heteroatoms. The molecule has 3 rings (SSSR count). The molecule has 1 saturated carbocycles. The van der Waals surface area contributed by atoms with Crippen LogP contribution in [0.1, 0.15) is 43.2 Å². The predicted molar refractivity (Wildman–Crippen MR) is 72.6 cm³/mol. The molecule has 0 aromatic carbocycles. The van der Waals surface area contributed by atoms with Crippen LogP contribution in [-0.4, -0.2) is 31.1 Å². The molecule has 0 amide bonds. The molecule has 1 N–H and O–H groups in total. The number of piperazine rings is 1. The molecule has 3 nitrogen and oxygen atoms in total. The van der Waals surface area contributed by atoms with Gasteiger partial charge in [0.15, 0.2) is 0 Å². The first-order chi connectivity index (χ1) is 8.84. The lowest BCUT2D eigenvalue weighted by molar-refractivity contribution is 0.107. The van der Waals surface area contributed by atoms with Gasteiger partial charge in [-0.1, -0.05) is 12.8 Å². The number of nitrogens with one attached hydrogen (secondary N) is 1. The van der Waals surface area contributed by atoms with E-state index in [2.05, 4.69) is 22.3 Å². The fourth-order valence-electron chi connectivity index (χ4n) is 3.56. The van der Waals surface area contributed by atoms with E-state index in [0.717, 1.165) is 37.9 Å². The third-order valence-corrected chi connectivity index (χ3v) is 4.44. The minimum absolute atomic E-state index is 0.517. The third-order valence-electron chi connectivity index (χ3n) is 4.44. The van der Waals surface area contributed by atoms with Gasteiger partial charge in [0, 0.05) is 26.2 Å². The molecule has 1 aliphatic heterocycles. The van der Waals surface area contributed by atoms with Gasteiger partial charge in [0.2, 0.25) is 0 Å². The zero-order valence-corrected chi connectivity index (χ0v) is 11.3. The summed E-state index contributed by atoms with van der Waals surface area (Å²) < 4.78 is 5.95. The second kappa shape index (κ2) is 5.45. The quantitative estimate of drug-likeness (QED) is 0.891. The van der Waals surface area contributed by atoms with Crippen molar-refractivity contribution in [3.63, 3.8) is 0 Å². The highest BCUT2D eigenvalue weighted by atomic mass is 16.3. The maximum Gasteiger partial charge on any atom is 0.121 e. The number of rotatable bonds is 3. The van der Waals surface area contributed by atoms with Gasteiger partial charge in [-0.15, -0.1) is 0 Å². The van der Waals surface area contributed by atoms with Crippen molar-refractivity contribution < 1.29 is 4.42 Å². The minimum Gasteiger partial charge on any atom is -0.465 e. The highest BCUT2D eigenvalue weighted by Gasteiger charge is 2.33. The summed E-state index contributed by atoms with van der Waals surface area (Å²) in [6.07, 6.45) is 5.53. The first kappa shape index (κ1) is 12.2. The first-order valence-corrected chi connectivity index (χ1v) is 7.36. The van der Waals surface area contributed by atoms with E-state index in [1.807, 2.05) is 6.92 Å². The number of hydrogen-bond acceptors (Lipinski definition) is 3. The van der Waals surface area contributed by atoms with Crippen molar-refractivity contribution in [1.29, 1.82) is 0 Å². The second-order valence-corrected chi connectivity index (χ2v) is 5.72.